The van der Waals surface area contributed by atoms with Crippen molar-refractivity contribution in [1.82, 2.24) is 0 Å². The number of hydrogen-bond donors (Lipinski definition) is 6. The Bertz CT molecular complexity index is 2150. The Kier molecular flexibility index (Phi) is 13.6. The topological polar surface area (TPSA) is 210 Å². The number of nitrogens with two attached hydrogens (primary N) is 2. The summed E-state index contributed by atoms with van der Waals surface area (Å²) in [7, 11) is 0. The molecule has 4 aromatic carbocycles. The molecule has 0 aliphatic heterocycles. The Morgan fingerprint density at radius 1 is 0.719 bits per heavy atom. The van der Waals surface area contributed by atoms with Crippen LogP contribution >= 0.6 is 0 Å². The Labute approximate surface area is 333 Å². The molecule has 2 aliphatic rings. The van der Waals surface area contributed by atoms with Crippen molar-refractivity contribution >= 4 is 46.9 Å². The maximum atomic E-state index is 12.6. The fourth-order valence-electron chi connectivity index (χ4n) is 7.03. The van der Waals surface area contributed by atoms with Crippen molar-refractivity contribution in [3.8, 4) is 0 Å². The molecule has 4 aromatic rings. The molecule has 6 rings (SSSR count). The van der Waals surface area contributed by atoms with E-state index in [0.29, 0.717) is 22.3 Å². The summed E-state index contributed by atoms with van der Waals surface area (Å²) in [5.74, 6) is -0.221. The van der Waals surface area contributed by atoms with Gasteiger partial charge in [0.2, 0.25) is 0 Å². The maximum Gasteiger partial charge on any atom is 0.436 e. The first kappa shape index (κ1) is 41.9. The summed E-state index contributed by atoms with van der Waals surface area (Å²) in [5, 5.41) is 22.2. The highest BCUT2D eigenvalue weighted by Gasteiger charge is 2.22. The molecule has 0 fully saturated rings. The Morgan fingerprint density at radius 2 is 1.18 bits per heavy atom. The molecular formula is C45H52N6O6. The van der Waals surface area contributed by atoms with Gasteiger partial charge in [-0.15, -0.1) is 0 Å². The summed E-state index contributed by atoms with van der Waals surface area (Å²) in [6.45, 7) is 7.52. The van der Waals surface area contributed by atoms with Crippen molar-refractivity contribution < 1.29 is 29.0 Å². The molecule has 3 amide bonds. The Balaban J connectivity index is 0.000000221. The molecule has 2 aliphatic carbocycles. The number of carbonyl (C=O) groups excluding carboxylic acids is 3. The number of carbonyl (C=O) groups is 4. The molecule has 0 heterocycles. The van der Waals surface area contributed by atoms with Gasteiger partial charge >= 0.3 is 12.1 Å². The van der Waals surface area contributed by atoms with Gasteiger partial charge in [-0.1, -0.05) is 49.7 Å². The zero-order valence-electron chi connectivity index (χ0n) is 33.0. The molecule has 298 valence electrons. The molecule has 12 heteroatoms. The number of hydrogen-bond acceptors (Lipinski definition) is 6. The zero-order chi connectivity index (χ0) is 41.3. The number of carboxylic acids is 1. The number of aliphatic imine (C=N–C) groups is 1. The number of ether oxygens (including phenoxy) is 1. The third kappa shape index (κ3) is 12.1. The van der Waals surface area contributed by atoms with Crippen LogP contribution < -0.4 is 22.1 Å². The molecule has 0 radical (unpaired) electrons. The molecule has 0 bridgehead atoms. The number of nitrogens with one attached hydrogen (secondary N) is 3. The van der Waals surface area contributed by atoms with E-state index in [1.54, 1.807) is 69.3 Å². The first-order chi connectivity index (χ1) is 27.1. The summed E-state index contributed by atoms with van der Waals surface area (Å²) in [4.78, 5) is 51.5. The number of amides is 3. The molecule has 0 aromatic heterocycles. The second-order valence-electron chi connectivity index (χ2n) is 15.6. The molecule has 8 N–H and O–H groups in total. The predicted octanol–water partition coefficient (Wildman–Crippen LogP) is 7.90. The number of rotatable bonds is 9. The molecule has 0 saturated carbocycles. The van der Waals surface area contributed by atoms with Gasteiger partial charge in [0.1, 0.15) is 17.3 Å². The van der Waals surface area contributed by atoms with Gasteiger partial charge in [0, 0.05) is 40.0 Å². The van der Waals surface area contributed by atoms with E-state index < -0.39 is 17.7 Å². The monoisotopic (exact) mass is 772 g/mol. The summed E-state index contributed by atoms with van der Waals surface area (Å²) in [5.41, 5.74) is 19.3. The Hall–Kier alpha value is -6.30. The van der Waals surface area contributed by atoms with Crippen LogP contribution in [0.15, 0.2) is 89.9 Å². The summed E-state index contributed by atoms with van der Waals surface area (Å²) in [6.07, 6.45) is 6.49. The van der Waals surface area contributed by atoms with Gasteiger partial charge in [-0.2, -0.15) is 4.99 Å². The number of aryl methyl sites for hydroxylation is 2. The molecule has 2 unspecified atom stereocenters. The van der Waals surface area contributed by atoms with Gasteiger partial charge in [0.25, 0.3) is 11.8 Å². The minimum absolute atomic E-state index is 0.0344. The van der Waals surface area contributed by atoms with E-state index in [1.807, 2.05) is 24.3 Å². The zero-order valence-corrected chi connectivity index (χ0v) is 33.0. The number of amidine groups is 2. The average molecular weight is 773 g/mol. The third-order valence-corrected chi connectivity index (χ3v) is 10.1. The van der Waals surface area contributed by atoms with Crippen LogP contribution in [0.25, 0.3) is 0 Å². The first-order valence-electron chi connectivity index (χ1n) is 19.3. The van der Waals surface area contributed by atoms with E-state index in [4.69, 9.17) is 26.7 Å². The van der Waals surface area contributed by atoms with Crippen LogP contribution in [-0.4, -0.2) is 46.3 Å². The van der Waals surface area contributed by atoms with Crippen molar-refractivity contribution in [3.63, 3.8) is 0 Å². The number of aliphatic carboxylic acids is 1. The van der Waals surface area contributed by atoms with Gasteiger partial charge in [0.15, 0.2) is 0 Å². The van der Waals surface area contributed by atoms with Crippen LogP contribution in [0.4, 0.5) is 16.2 Å². The van der Waals surface area contributed by atoms with Crippen molar-refractivity contribution in [2.24, 2.45) is 28.3 Å². The summed E-state index contributed by atoms with van der Waals surface area (Å²) < 4.78 is 5.14. The van der Waals surface area contributed by atoms with E-state index in [-0.39, 0.29) is 35.8 Å². The highest BCUT2D eigenvalue weighted by molar-refractivity contribution is 6.07. The summed E-state index contributed by atoms with van der Waals surface area (Å²) >= 11 is 0. The van der Waals surface area contributed by atoms with Crippen molar-refractivity contribution in [3.05, 3.63) is 129 Å². The highest BCUT2D eigenvalue weighted by atomic mass is 16.6. The minimum atomic E-state index is -0.752. The van der Waals surface area contributed by atoms with E-state index >= 15 is 0 Å². The van der Waals surface area contributed by atoms with Crippen LogP contribution in [0.2, 0.25) is 0 Å². The SMILES string of the molecule is CCC1CCc2cc(NC(=O)c3ccc(C(N)=NC(=O)OC(C)(C)C)cc3)ccc2C1.N=C(N)c1ccc(C(=O)Nc2ccc3c(c2)CCC(CC(=O)O)C3)cc1. The number of anilines is 2. The lowest BCUT2D eigenvalue weighted by Crippen LogP contribution is -2.24. The molecule has 0 saturated heterocycles. The Morgan fingerprint density at radius 3 is 1.63 bits per heavy atom. The number of nitrogen functional groups attached to an aromatic ring is 1. The van der Waals surface area contributed by atoms with E-state index in [9.17, 15) is 19.2 Å². The van der Waals surface area contributed by atoms with Crippen molar-refractivity contribution in [2.75, 3.05) is 10.6 Å². The van der Waals surface area contributed by atoms with Crippen LogP contribution in [0.5, 0.6) is 0 Å². The smallest absolute Gasteiger partial charge is 0.436 e. The fraction of sp³-hybridized carbons (Fsp3) is 0.333. The minimum Gasteiger partial charge on any atom is -0.481 e. The van der Waals surface area contributed by atoms with E-state index in [2.05, 4.69) is 34.7 Å². The van der Waals surface area contributed by atoms with Crippen LogP contribution in [0, 0.1) is 17.2 Å². The predicted molar refractivity (Wildman–Crippen MR) is 223 cm³/mol. The highest BCUT2D eigenvalue weighted by Crippen LogP contribution is 2.31. The number of fused-ring (bicyclic) bond motifs is 2. The molecule has 2 atom stereocenters. The summed E-state index contributed by atoms with van der Waals surface area (Å²) in [6, 6.07) is 25.2. The van der Waals surface area contributed by atoms with Crippen molar-refractivity contribution in [1.29, 1.82) is 5.41 Å². The lowest BCUT2D eigenvalue weighted by molar-refractivity contribution is -0.138. The quantitative estimate of drug-likeness (QED) is 0.0726. The largest absolute Gasteiger partial charge is 0.481 e. The van der Waals surface area contributed by atoms with Crippen LogP contribution in [-0.2, 0) is 35.2 Å². The molecule has 12 nitrogen and oxygen atoms in total. The van der Waals surface area contributed by atoms with Gasteiger partial charge in [-0.05, 0) is 142 Å². The van der Waals surface area contributed by atoms with Crippen LogP contribution in [0.1, 0.15) is 107 Å². The maximum absolute atomic E-state index is 12.6. The fourth-order valence-corrected chi connectivity index (χ4v) is 7.03. The number of carboxylic acid groups (broad SMARTS) is 1. The van der Waals surface area contributed by atoms with Gasteiger partial charge in [-0.3, -0.25) is 19.8 Å². The number of nitrogens with zero attached hydrogens (tertiary/aromatic N) is 1. The van der Waals surface area contributed by atoms with Gasteiger partial charge in [-0.25, -0.2) is 4.79 Å². The second-order valence-corrected chi connectivity index (χ2v) is 15.6. The lowest BCUT2D eigenvalue weighted by Gasteiger charge is -2.24. The molecule has 57 heavy (non-hydrogen) atoms. The first-order valence-corrected chi connectivity index (χ1v) is 19.3. The normalized spacial score (nSPS) is 16.1. The van der Waals surface area contributed by atoms with Gasteiger partial charge in [0.05, 0.1) is 0 Å². The molecule has 0 spiro atoms. The lowest BCUT2D eigenvalue weighted by atomic mass is 9.82. The average Bonchev–Trinajstić information content (AvgIpc) is 3.17. The van der Waals surface area contributed by atoms with E-state index in [0.717, 1.165) is 60.5 Å². The number of benzene rings is 4. The standard InChI is InChI=1S/C25H31N3O3.C20H21N3O3/c1-5-16-6-7-20-15-21(13-12-19(20)14-16)27-23(29)18-10-8-17(9-11-18)22(26)28-24(30)31-25(2,3)4;21-19(22)13-3-5-14(6-4-13)20(26)23-17-8-7-15-9-12(10-18(24)25)1-2-16(15)11-17/h8-13,15-16H,5-7,14H2,1-4H3,(H,27,29)(H2,26,28,30);3-8,11-12H,1-2,9-10H2,(H3,21,22)(H,23,26)(H,24,25). The van der Waals surface area contributed by atoms with Gasteiger partial charge < -0.3 is 31.9 Å². The third-order valence-electron chi connectivity index (χ3n) is 10.1. The van der Waals surface area contributed by atoms with Crippen molar-refractivity contribution in [2.45, 2.75) is 84.7 Å². The second kappa shape index (κ2) is 18.6. The molecular weight excluding hydrogens is 721 g/mol. The van der Waals surface area contributed by atoms with Crippen LogP contribution in [0.3, 0.4) is 0 Å². The van der Waals surface area contributed by atoms with E-state index in [1.165, 1.54) is 24.0 Å².